The highest BCUT2D eigenvalue weighted by atomic mass is 79.9. The van der Waals surface area contributed by atoms with Crippen molar-refractivity contribution >= 4 is 21.7 Å². The molecule has 0 aliphatic heterocycles. The Morgan fingerprint density at radius 3 is 2.55 bits per heavy atom. The Bertz CT molecular complexity index is 210. The number of rotatable bonds is 0. The number of fused-ring (bicyclic) bond motifs is 2. The zero-order chi connectivity index (χ0) is 8.22. The van der Waals surface area contributed by atoms with Gasteiger partial charge >= 0.3 is 0 Å². The first-order valence-corrected chi connectivity index (χ1v) is 5.12. The lowest BCUT2D eigenvalue weighted by Gasteiger charge is -2.57. The van der Waals surface area contributed by atoms with Gasteiger partial charge in [-0.3, -0.25) is 4.79 Å². The van der Waals surface area contributed by atoms with Gasteiger partial charge in [0, 0.05) is 6.42 Å². The first-order valence-electron chi connectivity index (χ1n) is 4.20. The van der Waals surface area contributed by atoms with E-state index in [9.17, 15) is 4.79 Å². The average Bonchev–Trinajstić information content (AvgIpc) is 1.93. The lowest BCUT2D eigenvalue weighted by Crippen LogP contribution is -2.56. The normalized spacial score (nSPS) is 46.8. The third-order valence-electron chi connectivity index (χ3n) is 3.65. The molecule has 3 aliphatic carbocycles. The van der Waals surface area contributed by atoms with Crippen LogP contribution in [0, 0.1) is 17.3 Å². The maximum atomic E-state index is 11.3. The largest absolute Gasteiger partial charge is 0.298 e. The fourth-order valence-corrected chi connectivity index (χ4v) is 3.56. The SMILES string of the molecule is CC1(C)[C@@H]2CC(=O)[C@@H](Br)[C@H]1C2. The monoisotopic (exact) mass is 216 g/mol. The minimum Gasteiger partial charge on any atom is -0.298 e. The van der Waals surface area contributed by atoms with Gasteiger partial charge in [0.1, 0.15) is 5.78 Å². The van der Waals surface area contributed by atoms with E-state index in [1.54, 1.807) is 0 Å². The zero-order valence-electron chi connectivity index (χ0n) is 6.93. The summed E-state index contributed by atoms with van der Waals surface area (Å²) in [5.41, 5.74) is 0.419. The summed E-state index contributed by atoms with van der Waals surface area (Å²) in [7, 11) is 0. The third-order valence-corrected chi connectivity index (χ3v) is 4.80. The van der Waals surface area contributed by atoms with E-state index >= 15 is 0 Å². The molecular weight excluding hydrogens is 204 g/mol. The molecule has 2 bridgehead atoms. The number of hydrogen-bond acceptors (Lipinski definition) is 1. The van der Waals surface area contributed by atoms with E-state index in [1.165, 1.54) is 6.42 Å². The Morgan fingerprint density at radius 1 is 1.55 bits per heavy atom. The first kappa shape index (κ1) is 7.78. The standard InChI is InChI=1S/C9H13BrO/c1-9(2)5-3-6(9)8(10)7(11)4-5/h5-6,8H,3-4H2,1-2H3/t5-,6+,8-/m0/s1. The molecule has 3 aliphatic rings. The highest BCUT2D eigenvalue weighted by Gasteiger charge is 2.56. The van der Waals surface area contributed by atoms with Crippen molar-refractivity contribution in [1.82, 2.24) is 0 Å². The van der Waals surface area contributed by atoms with Crippen molar-refractivity contribution in [3.05, 3.63) is 0 Å². The van der Waals surface area contributed by atoms with Gasteiger partial charge in [-0.25, -0.2) is 0 Å². The van der Waals surface area contributed by atoms with Crippen LogP contribution in [0.3, 0.4) is 0 Å². The molecule has 0 aromatic rings. The van der Waals surface area contributed by atoms with Crippen molar-refractivity contribution in [2.24, 2.45) is 17.3 Å². The van der Waals surface area contributed by atoms with E-state index in [0.29, 0.717) is 23.0 Å². The van der Waals surface area contributed by atoms with Crippen molar-refractivity contribution in [2.75, 3.05) is 0 Å². The van der Waals surface area contributed by atoms with Crippen molar-refractivity contribution in [3.63, 3.8) is 0 Å². The second-order valence-corrected chi connectivity index (χ2v) is 5.42. The molecule has 0 unspecified atom stereocenters. The zero-order valence-corrected chi connectivity index (χ0v) is 8.52. The number of carbonyl (C=O) groups is 1. The highest BCUT2D eigenvalue weighted by Crippen LogP contribution is 2.59. The van der Waals surface area contributed by atoms with Crippen LogP contribution in [0.5, 0.6) is 0 Å². The molecule has 0 aromatic heterocycles. The van der Waals surface area contributed by atoms with Crippen molar-refractivity contribution in [1.29, 1.82) is 0 Å². The molecule has 3 saturated carbocycles. The van der Waals surface area contributed by atoms with E-state index in [4.69, 9.17) is 0 Å². The molecule has 0 heterocycles. The maximum Gasteiger partial charge on any atom is 0.147 e. The van der Waals surface area contributed by atoms with E-state index < -0.39 is 0 Å². The van der Waals surface area contributed by atoms with Gasteiger partial charge in [0.15, 0.2) is 0 Å². The quantitative estimate of drug-likeness (QED) is 0.569. The van der Waals surface area contributed by atoms with Gasteiger partial charge in [-0.2, -0.15) is 0 Å². The van der Waals surface area contributed by atoms with Crippen molar-refractivity contribution in [3.8, 4) is 0 Å². The summed E-state index contributed by atoms with van der Waals surface area (Å²) in [6.07, 6.45) is 2.06. The second-order valence-electron chi connectivity index (χ2n) is 4.43. The van der Waals surface area contributed by atoms with Gasteiger partial charge < -0.3 is 0 Å². The van der Waals surface area contributed by atoms with Crippen LogP contribution in [0.4, 0.5) is 0 Å². The number of Topliss-reactive ketones (excluding diaryl/α,β-unsaturated/α-hetero) is 1. The van der Waals surface area contributed by atoms with E-state index in [1.807, 2.05) is 0 Å². The Kier molecular flexibility index (Phi) is 1.48. The fraction of sp³-hybridized carbons (Fsp3) is 0.889. The molecule has 3 rings (SSSR count). The van der Waals surface area contributed by atoms with Gasteiger partial charge in [-0.15, -0.1) is 0 Å². The van der Waals surface area contributed by atoms with Crippen molar-refractivity contribution in [2.45, 2.75) is 31.5 Å². The molecule has 2 heteroatoms. The second kappa shape index (κ2) is 2.09. The van der Waals surface area contributed by atoms with Crippen LogP contribution in [0.1, 0.15) is 26.7 Å². The summed E-state index contributed by atoms with van der Waals surface area (Å²) in [6, 6.07) is 0. The summed E-state index contributed by atoms with van der Waals surface area (Å²) in [4.78, 5) is 11.4. The number of carbonyl (C=O) groups excluding carboxylic acids is 1. The number of halogens is 1. The van der Waals surface area contributed by atoms with E-state index in [-0.39, 0.29) is 4.83 Å². The fourth-order valence-electron chi connectivity index (χ4n) is 2.48. The lowest BCUT2D eigenvalue weighted by molar-refractivity contribution is -0.138. The number of alkyl halides is 1. The number of ketones is 1. The minimum atomic E-state index is 0.155. The van der Waals surface area contributed by atoms with Gasteiger partial charge in [0.2, 0.25) is 0 Å². The molecule has 0 amide bonds. The molecular formula is C9H13BrO. The van der Waals surface area contributed by atoms with E-state index in [2.05, 4.69) is 29.8 Å². The molecule has 3 fully saturated rings. The molecule has 11 heavy (non-hydrogen) atoms. The predicted octanol–water partition coefficient (Wildman–Crippen LogP) is 2.39. The average molecular weight is 217 g/mol. The first-order chi connectivity index (χ1) is 5.03. The molecule has 1 nitrogen and oxygen atoms in total. The maximum absolute atomic E-state index is 11.3. The molecule has 3 atom stereocenters. The summed E-state index contributed by atoms with van der Waals surface area (Å²) in [5, 5.41) is 0. The van der Waals surface area contributed by atoms with Gasteiger partial charge in [0.05, 0.1) is 4.83 Å². The van der Waals surface area contributed by atoms with Crippen LogP contribution in [0.2, 0.25) is 0 Å². The van der Waals surface area contributed by atoms with Crippen LogP contribution < -0.4 is 0 Å². The molecule has 0 N–H and O–H groups in total. The van der Waals surface area contributed by atoms with Gasteiger partial charge in [0.25, 0.3) is 0 Å². The smallest absolute Gasteiger partial charge is 0.147 e. The third kappa shape index (κ3) is 0.851. The molecule has 0 aromatic carbocycles. The minimum absolute atomic E-state index is 0.155. The lowest BCUT2D eigenvalue weighted by atomic mass is 9.48. The Balaban J connectivity index is 2.23. The summed E-state index contributed by atoms with van der Waals surface area (Å²) in [6.45, 7) is 4.57. The van der Waals surface area contributed by atoms with Gasteiger partial charge in [-0.1, -0.05) is 29.8 Å². The van der Waals surface area contributed by atoms with Crippen LogP contribution in [0.15, 0.2) is 0 Å². The molecule has 0 spiro atoms. The van der Waals surface area contributed by atoms with Crippen LogP contribution in [-0.2, 0) is 4.79 Å². The summed E-state index contributed by atoms with van der Waals surface area (Å²) in [5.74, 6) is 1.70. The predicted molar refractivity (Wildman–Crippen MR) is 47.7 cm³/mol. The van der Waals surface area contributed by atoms with Crippen LogP contribution in [-0.4, -0.2) is 10.6 Å². The molecule has 62 valence electrons. The molecule has 0 saturated heterocycles. The number of hydrogen-bond donors (Lipinski definition) is 0. The summed E-state index contributed by atoms with van der Waals surface area (Å²) < 4.78 is 0. The Morgan fingerprint density at radius 2 is 2.18 bits per heavy atom. The van der Waals surface area contributed by atoms with Crippen molar-refractivity contribution < 1.29 is 4.79 Å². The van der Waals surface area contributed by atoms with Crippen LogP contribution >= 0.6 is 15.9 Å². The van der Waals surface area contributed by atoms with Crippen LogP contribution in [0.25, 0.3) is 0 Å². The summed E-state index contributed by atoms with van der Waals surface area (Å²) >= 11 is 3.48. The molecule has 0 radical (unpaired) electrons. The Labute approximate surface area is 75.7 Å². The van der Waals surface area contributed by atoms with E-state index in [0.717, 1.165) is 6.42 Å². The highest BCUT2D eigenvalue weighted by molar-refractivity contribution is 9.10. The van der Waals surface area contributed by atoms with Gasteiger partial charge in [-0.05, 0) is 23.7 Å². The topological polar surface area (TPSA) is 17.1 Å². The Hall–Kier alpha value is 0.150.